The van der Waals surface area contributed by atoms with Crippen LogP contribution in [0, 0.1) is 6.92 Å². The van der Waals surface area contributed by atoms with Crippen LogP contribution in [-0.2, 0) is 11.2 Å². The highest BCUT2D eigenvalue weighted by molar-refractivity contribution is 5.87. The fourth-order valence-electron chi connectivity index (χ4n) is 2.25. The predicted octanol–water partition coefficient (Wildman–Crippen LogP) is 2.44. The summed E-state index contributed by atoms with van der Waals surface area (Å²) in [6.07, 6.45) is 0.611. The van der Waals surface area contributed by atoms with Crippen molar-refractivity contribution >= 4 is 11.9 Å². The zero-order chi connectivity index (χ0) is 18.2. The highest BCUT2D eigenvalue weighted by Gasteiger charge is 2.08. The van der Waals surface area contributed by atoms with E-state index in [-0.39, 0.29) is 18.1 Å². The summed E-state index contributed by atoms with van der Waals surface area (Å²) >= 11 is 0. The number of aryl methyl sites for hydroxylation is 1. The molecule has 2 aromatic carbocycles. The molecule has 2 aromatic rings. The van der Waals surface area contributed by atoms with Crippen LogP contribution in [0.15, 0.2) is 42.5 Å². The van der Waals surface area contributed by atoms with E-state index in [0.717, 1.165) is 11.1 Å². The van der Waals surface area contributed by atoms with Crippen LogP contribution in [0.4, 0.5) is 0 Å². The van der Waals surface area contributed by atoms with E-state index in [1.54, 1.807) is 37.4 Å². The quantitative estimate of drug-likeness (QED) is 0.769. The Kier molecular flexibility index (Phi) is 6.39. The summed E-state index contributed by atoms with van der Waals surface area (Å²) in [5.41, 5.74) is 2.24. The molecule has 0 aliphatic rings. The first-order chi connectivity index (χ1) is 12.0. The molecular formula is C19H21NO5. The first kappa shape index (κ1) is 18.3. The fourth-order valence-corrected chi connectivity index (χ4v) is 2.25. The van der Waals surface area contributed by atoms with Crippen LogP contribution in [-0.4, -0.2) is 37.2 Å². The maximum atomic E-state index is 11.9. The van der Waals surface area contributed by atoms with Gasteiger partial charge in [-0.15, -0.1) is 0 Å². The van der Waals surface area contributed by atoms with E-state index < -0.39 is 5.97 Å². The normalized spacial score (nSPS) is 10.2. The van der Waals surface area contributed by atoms with Gasteiger partial charge < -0.3 is 19.9 Å². The van der Waals surface area contributed by atoms with Crippen LogP contribution >= 0.6 is 0 Å². The van der Waals surface area contributed by atoms with Crippen LogP contribution in [0.3, 0.4) is 0 Å². The van der Waals surface area contributed by atoms with E-state index >= 15 is 0 Å². The molecule has 0 aromatic heterocycles. The first-order valence-electron chi connectivity index (χ1n) is 7.86. The monoisotopic (exact) mass is 343 g/mol. The molecule has 0 unspecified atom stereocenters. The number of carboxylic acids is 1. The molecule has 0 atom stereocenters. The zero-order valence-corrected chi connectivity index (χ0v) is 14.2. The minimum absolute atomic E-state index is 0.0998. The minimum Gasteiger partial charge on any atom is -0.493 e. The van der Waals surface area contributed by atoms with Crippen molar-refractivity contribution in [3.63, 3.8) is 0 Å². The van der Waals surface area contributed by atoms with Gasteiger partial charge in [-0.25, -0.2) is 4.79 Å². The molecule has 0 saturated carbocycles. The number of carboxylic acid groups (broad SMARTS) is 1. The Bertz CT molecular complexity index is 740. The lowest BCUT2D eigenvalue weighted by atomic mass is 10.1. The van der Waals surface area contributed by atoms with E-state index in [1.807, 2.05) is 19.1 Å². The van der Waals surface area contributed by atoms with E-state index in [0.29, 0.717) is 24.5 Å². The van der Waals surface area contributed by atoms with Gasteiger partial charge in [0.2, 0.25) is 0 Å². The summed E-state index contributed by atoms with van der Waals surface area (Å²) in [7, 11) is 1.55. The number of ether oxygens (including phenoxy) is 2. The van der Waals surface area contributed by atoms with E-state index in [1.165, 1.54) is 0 Å². The van der Waals surface area contributed by atoms with Gasteiger partial charge in [-0.2, -0.15) is 0 Å². The number of carbonyl (C=O) groups excluding carboxylic acids is 1. The van der Waals surface area contributed by atoms with Gasteiger partial charge in [-0.1, -0.05) is 18.2 Å². The Balaban J connectivity index is 1.76. The molecule has 0 spiro atoms. The molecule has 0 aliphatic heterocycles. The molecule has 25 heavy (non-hydrogen) atoms. The molecule has 0 fully saturated rings. The van der Waals surface area contributed by atoms with Gasteiger partial charge in [-0.05, 0) is 48.7 Å². The van der Waals surface area contributed by atoms with Gasteiger partial charge in [0.25, 0.3) is 5.91 Å². The van der Waals surface area contributed by atoms with Crippen LogP contribution < -0.4 is 14.8 Å². The molecular weight excluding hydrogens is 322 g/mol. The van der Waals surface area contributed by atoms with Crippen molar-refractivity contribution in [1.29, 1.82) is 0 Å². The smallest absolute Gasteiger partial charge is 0.335 e. The Morgan fingerprint density at radius 1 is 1.08 bits per heavy atom. The lowest BCUT2D eigenvalue weighted by molar-refractivity contribution is -0.123. The fraction of sp³-hybridized carbons (Fsp3) is 0.263. The second-order valence-corrected chi connectivity index (χ2v) is 5.55. The molecule has 0 bridgehead atoms. The SMILES string of the molecule is COc1cc(C)ccc1OCC(=O)NCCc1ccc(C(=O)O)cc1. The van der Waals surface area contributed by atoms with E-state index in [9.17, 15) is 9.59 Å². The Hall–Kier alpha value is -3.02. The standard InChI is InChI=1S/C19H21NO5/c1-13-3-8-16(17(11-13)24-2)25-12-18(21)20-10-9-14-4-6-15(7-5-14)19(22)23/h3-8,11H,9-10,12H2,1-2H3,(H,20,21)(H,22,23). The number of rotatable bonds is 8. The van der Waals surface area contributed by atoms with Crippen LogP contribution in [0.2, 0.25) is 0 Å². The summed E-state index contributed by atoms with van der Waals surface area (Å²) in [5.74, 6) is -0.0767. The number of hydrogen-bond donors (Lipinski definition) is 2. The van der Waals surface area contributed by atoms with Crippen LogP contribution in [0.1, 0.15) is 21.5 Å². The average Bonchev–Trinajstić information content (AvgIpc) is 2.61. The zero-order valence-electron chi connectivity index (χ0n) is 14.2. The first-order valence-corrected chi connectivity index (χ1v) is 7.86. The average molecular weight is 343 g/mol. The van der Waals surface area contributed by atoms with Gasteiger partial charge in [0.15, 0.2) is 18.1 Å². The third-order valence-corrected chi connectivity index (χ3v) is 3.61. The molecule has 6 nitrogen and oxygen atoms in total. The van der Waals surface area contributed by atoms with Crippen LogP contribution in [0.5, 0.6) is 11.5 Å². The topological polar surface area (TPSA) is 84.9 Å². The second-order valence-electron chi connectivity index (χ2n) is 5.55. The largest absolute Gasteiger partial charge is 0.493 e. The van der Waals surface area contributed by atoms with Gasteiger partial charge in [0.1, 0.15) is 0 Å². The molecule has 2 N–H and O–H groups in total. The minimum atomic E-state index is -0.955. The highest BCUT2D eigenvalue weighted by Crippen LogP contribution is 2.27. The molecule has 2 rings (SSSR count). The number of aromatic carboxylic acids is 1. The van der Waals surface area contributed by atoms with Crippen molar-refractivity contribution in [2.75, 3.05) is 20.3 Å². The summed E-state index contributed by atoms with van der Waals surface area (Å²) in [6, 6.07) is 12.1. The maximum absolute atomic E-state index is 11.9. The number of methoxy groups -OCH3 is 1. The number of carbonyl (C=O) groups is 2. The van der Waals surface area contributed by atoms with Gasteiger partial charge in [-0.3, -0.25) is 4.79 Å². The van der Waals surface area contributed by atoms with Gasteiger partial charge in [0, 0.05) is 6.54 Å². The molecule has 0 aliphatic carbocycles. The summed E-state index contributed by atoms with van der Waals surface area (Å²) in [6.45, 7) is 2.29. The van der Waals surface area contributed by atoms with Crippen molar-refractivity contribution < 1.29 is 24.2 Å². The van der Waals surface area contributed by atoms with Crippen molar-refractivity contribution in [1.82, 2.24) is 5.32 Å². The molecule has 6 heteroatoms. The molecule has 0 saturated heterocycles. The summed E-state index contributed by atoms with van der Waals surface area (Å²) in [5, 5.41) is 11.6. The molecule has 1 amide bonds. The van der Waals surface area contributed by atoms with Crippen molar-refractivity contribution in [2.24, 2.45) is 0 Å². The second kappa shape index (κ2) is 8.73. The molecule has 0 heterocycles. The van der Waals surface area contributed by atoms with Gasteiger partial charge in [0.05, 0.1) is 12.7 Å². The third kappa shape index (κ3) is 5.53. The highest BCUT2D eigenvalue weighted by atomic mass is 16.5. The number of hydrogen-bond acceptors (Lipinski definition) is 4. The predicted molar refractivity (Wildman–Crippen MR) is 93.3 cm³/mol. The van der Waals surface area contributed by atoms with Crippen LogP contribution in [0.25, 0.3) is 0 Å². The number of benzene rings is 2. The Morgan fingerprint density at radius 3 is 2.44 bits per heavy atom. The maximum Gasteiger partial charge on any atom is 0.335 e. The van der Waals surface area contributed by atoms with Crippen molar-refractivity contribution in [3.8, 4) is 11.5 Å². The van der Waals surface area contributed by atoms with Crippen molar-refractivity contribution in [2.45, 2.75) is 13.3 Å². The number of nitrogens with one attached hydrogen (secondary N) is 1. The summed E-state index contributed by atoms with van der Waals surface area (Å²) in [4.78, 5) is 22.7. The Morgan fingerprint density at radius 2 is 1.80 bits per heavy atom. The lowest BCUT2D eigenvalue weighted by Gasteiger charge is -2.11. The molecule has 132 valence electrons. The summed E-state index contributed by atoms with van der Waals surface area (Å²) < 4.78 is 10.7. The lowest BCUT2D eigenvalue weighted by Crippen LogP contribution is -2.30. The Labute approximate surface area is 146 Å². The molecule has 0 radical (unpaired) electrons. The number of amides is 1. The van der Waals surface area contributed by atoms with E-state index in [2.05, 4.69) is 5.32 Å². The van der Waals surface area contributed by atoms with E-state index in [4.69, 9.17) is 14.6 Å². The van der Waals surface area contributed by atoms with Gasteiger partial charge >= 0.3 is 5.97 Å². The third-order valence-electron chi connectivity index (χ3n) is 3.61. The van der Waals surface area contributed by atoms with Crippen molar-refractivity contribution in [3.05, 3.63) is 59.2 Å².